The predicted octanol–water partition coefficient (Wildman–Crippen LogP) is 1.75. The second-order valence-electron chi connectivity index (χ2n) is 2.92. The highest BCUT2D eigenvalue weighted by Crippen LogP contribution is 2.23. The van der Waals surface area contributed by atoms with E-state index in [0.717, 1.165) is 5.69 Å². The first kappa shape index (κ1) is 9.28. The van der Waals surface area contributed by atoms with Gasteiger partial charge in [-0.05, 0) is 18.2 Å². The molecule has 1 aromatic carbocycles. The van der Waals surface area contributed by atoms with E-state index in [0.29, 0.717) is 11.3 Å². The van der Waals surface area contributed by atoms with Gasteiger partial charge in [0.15, 0.2) is 0 Å². The molecule has 15 heavy (non-hydrogen) atoms. The third kappa shape index (κ3) is 1.55. The van der Waals surface area contributed by atoms with Gasteiger partial charge in [0.2, 0.25) is 0 Å². The minimum Gasteiger partial charge on any atom is -0.495 e. The molecule has 74 valence electrons. The molecule has 0 fully saturated rings. The summed E-state index contributed by atoms with van der Waals surface area (Å²) in [5.41, 5.74) is 1.21. The van der Waals surface area contributed by atoms with Crippen molar-refractivity contribution >= 4 is 0 Å². The molecule has 1 aromatic heterocycles. The number of aromatic nitrogens is 2. The van der Waals surface area contributed by atoms with Gasteiger partial charge in [0, 0.05) is 12.4 Å². The molecule has 0 saturated heterocycles. The molecule has 0 atom stereocenters. The van der Waals surface area contributed by atoms with Crippen molar-refractivity contribution in [2.45, 2.75) is 0 Å². The number of benzene rings is 1. The molecule has 0 aliphatic heterocycles. The van der Waals surface area contributed by atoms with Gasteiger partial charge in [-0.15, -0.1) is 0 Å². The van der Waals surface area contributed by atoms with Crippen LogP contribution in [0.5, 0.6) is 5.75 Å². The second-order valence-corrected chi connectivity index (χ2v) is 2.92. The smallest absolute Gasteiger partial charge is 0.138 e. The van der Waals surface area contributed by atoms with Crippen molar-refractivity contribution in [3.8, 4) is 17.5 Å². The van der Waals surface area contributed by atoms with Crippen LogP contribution in [0.25, 0.3) is 5.69 Å². The van der Waals surface area contributed by atoms with Gasteiger partial charge in [-0.3, -0.25) is 0 Å². The number of ether oxygens (including phenoxy) is 1. The maximum absolute atomic E-state index is 9.06. The molecule has 0 amide bonds. The first-order valence-electron chi connectivity index (χ1n) is 4.44. The molecule has 2 rings (SSSR count). The monoisotopic (exact) mass is 199 g/mol. The van der Waals surface area contributed by atoms with Crippen LogP contribution in [-0.4, -0.2) is 16.9 Å². The number of hydrogen-bond donors (Lipinski definition) is 0. The largest absolute Gasteiger partial charge is 0.495 e. The minimum absolute atomic E-state index is 0.490. The fourth-order valence-corrected chi connectivity index (χ4v) is 1.40. The zero-order valence-corrected chi connectivity index (χ0v) is 8.21. The maximum Gasteiger partial charge on any atom is 0.138 e. The lowest BCUT2D eigenvalue weighted by atomic mass is 10.2. The standard InChI is InChI=1S/C11H9N3O/c1-15-11-5-2-4-10(9(11)8-12)14-7-3-6-13-14/h2-7H,1H3. The van der Waals surface area contributed by atoms with Gasteiger partial charge in [-0.25, -0.2) is 4.68 Å². The van der Waals surface area contributed by atoms with Crippen LogP contribution in [0.2, 0.25) is 0 Å². The summed E-state index contributed by atoms with van der Waals surface area (Å²) < 4.78 is 6.75. The van der Waals surface area contributed by atoms with Gasteiger partial charge >= 0.3 is 0 Å². The highest BCUT2D eigenvalue weighted by molar-refractivity contribution is 5.56. The summed E-state index contributed by atoms with van der Waals surface area (Å²) in [6, 6.07) is 9.34. The highest BCUT2D eigenvalue weighted by Gasteiger charge is 2.09. The summed E-state index contributed by atoms with van der Waals surface area (Å²) >= 11 is 0. The van der Waals surface area contributed by atoms with Gasteiger partial charge in [0.25, 0.3) is 0 Å². The Bertz CT molecular complexity index is 497. The third-order valence-electron chi connectivity index (χ3n) is 2.09. The van der Waals surface area contributed by atoms with E-state index in [1.807, 2.05) is 12.1 Å². The summed E-state index contributed by atoms with van der Waals surface area (Å²) in [5, 5.41) is 13.1. The van der Waals surface area contributed by atoms with E-state index < -0.39 is 0 Å². The normalized spacial score (nSPS) is 9.60. The lowest BCUT2D eigenvalue weighted by molar-refractivity contribution is 0.413. The van der Waals surface area contributed by atoms with Crippen LogP contribution >= 0.6 is 0 Å². The Morgan fingerprint density at radius 1 is 1.40 bits per heavy atom. The average Bonchev–Trinajstić information content (AvgIpc) is 2.81. The lowest BCUT2D eigenvalue weighted by Gasteiger charge is -2.07. The van der Waals surface area contributed by atoms with Crippen LogP contribution in [0, 0.1) is 11.3 Å². The van der Waals surface area contributed by atoms with Crippen LogP contribution in [0.4, 0.5) is 0 Å². The Morgan fingerprint density at radius 2 is 2.27 bits per heavy atom. The van der Waals surface area contributed by atoms with E-state index in [2.05, 4.69) is 11.2 Å². The first-order chi connectivity index (χ1) is 7.36. The molecule has 1 heterocycles. The summed E-state index contributed by atoms with van der Waals surface area (Å²) in [5.74, 6) is 0.561. The van der Waals surface area contributed by atoms with Crippen molar-refractivity contribution in [2.24, 2.45) is 0 Å². The molecule has 4 heteroatoms. The Kier molecular flexibility index (Phi) is 2.38. The van der Waals surface area contributed by atoms with Crippen molar-refractivity contribution in [3.05, 3.63) is 42.2 Å². The van der Waals surface area contributed by atoms with Crippen molar-refractivity contribution in [1.29, 1.82) is 5.26 Å². The molecule has 4 nitrogen and oxygen atoms in total. The molecule has 0 radical (unpaired) electrons. The van der Waals surface area contributed by atoms with E-state index >= 15 is 0 Å². The van der Waals surface area contributed by atoms with E-state index in [1.54, 1.807) is 36.3 Å². The molecule has 0 aliphatic rings. The van der Waals surface area contributed by atoms with Crippen molar-refractivity contribution in [1.82, 2.24) is 9.78 Å². The van der Waals surface area contributed by atoms with E-state index in [1.165, 1.54) is 0 Å². The molecule has 0 unspecified atom stereocenters. The predicted molar refractivity (Wildman–Crippen MR) is 54.8 cm³/mol. The summed E-state index contributed by atoms with van der Waals surface area (Å²) in [6.45, 7) is 0. The number of hydrogen-bond acceptors (Lipinski definition) is 3. The van der Waals surface area contributed by atoms with Gasteiger partial charge in [-0.2, -0.15) is 10.4 Å². The van der Waals surface area contributed by atoms with Gasteiger partial charge in [0.1, 0.15) is 17.4 Å². The molecule has 0 bridgehead atoms. The maximum atomic E-state index is 9.06. The van der Waals surface area contributed by atoms with Gasteiger partial charge < -0.3 is 4.74 Å². The number of methoxy groups -OCH3 is 1. The van der Waals surface area contributed by atoms with Crippen LogP contribution in [-0.2, 0) is 0 Å². The van der Waals surface area contributed by atoms with Crippen LogP contribution in [0.1, 0.15) is 5.56 Å². The Labute approximate surface area is 87.3 Å². The molecule has 0 aliphatic carbocycles. The average molecular weight is 199 g/mol. The minimum atomic E-state index is 0.490. The Balaban J connectivity index is 2.63. The van der Waals surface area contributed by atoms with Gasteiger partial charge in [0.05, 0.1) is 12.8 Å². The summed E-state index contributed by atoms with van der Waals surface area (Å²) in [4.78, 5) is 0. The van der Waals surface area contributed by atoms with Crippen molar-refractivity contribution in [3.63, 3.8) is 0 Å². The zero-order chi connectivity index (χ0) is 10.7. The van der Waals surface area contributed by atoms with Crippen molar-refractivity contribution in [2.75, 3.05) is 7.11 Å². The van der Waals surface area contributed by atoms with Crippen molar-refractivity contribution < 1.29 is 4.74 Å². The quantitative estimate of drug-likeness (QED) is 0.740. The topological polar surface area (TPSA) is 50.8 Å². The second kappa shape index (κ2) is 3.84. The number of rotatable bonds is 2. The molecule has 2 aromatic rings. The molecular weight excluding hydrogens is 190 g/mol. The van der Waals surface area contributed by atoms with Crippen LogP contribution < -0.4 is 4.74 Å². The Morgan fingerprint density at radius 3 is 2.87 bits per heavy atom. The fourth-order valence-electron chi connectivity index (χ4n) is 1.40. The van der Waals surface area contributed by atoms with E-state index in [4.69, 9.17) is 10.00 Å². The Hall–Kier alpha value is -2.28. The summed E-state index contributed by atoms with van der Waals surface area (Å²) in [6.07, 6.45) is 3.45. The zero-order valence-electron chi connectivity index (χ0n) is 8.21. The third-order valence-corrected chi connectivity index (χ3v) is 2.09. The van der Waals surface area contributed by atoms with E-state index in [9.17, 15) is 0 Å². The highest BCUT2D eigenvalue weighted by atomic mass is 16.5. The van der Waals surface area contributed by atoms with Gasteiger partial charge in [-0.1, -0.05) is 6.07 Å². The number of nitrogens with zero attached hydrogens (tertiary/aromatic N) is 3. The van der Waals surface area contributed by atoms with Crippen LogP contribution in [0.15, 0.2) is 36.7 Å². The number of nitriles is 1. The molecule has 0 N–H and O–H groups in total. The van der Waals surface area contributed by atoms with E-state index in [-0.39, 0.29) is 0 Å². The molecule has 0 saturated carbocycles. The SMILES string of the molecule is COc1cccc(-n2cccn2)c1C#N. The summed E-state index contributed by atoms with van der Waals surface area (Å²) in [7, 11) is 1.54. The molecular formula is C11H9N3O. The fraction of sp³-hybridized carbons (Fsp3) is 0.0909. The first-order valence-corrected chi connectivity index (χ1v) is 4.44. The van der Waals surface area contributed by atoms with Crippen LogP contribution in [0.3, 0.4) is 0 Å². The molecule has 0 spiro atoms. The lowest BCUT2D eigenvalue weighted by Crippen LogP contribution is -1.99.